The minimum Gasteiger partial charge on any atom is -0.490 e. The third kappa shape index (κ3) is 4.19. The lowest BCUT2D eigenvalue weighted by molar-refractivity contribution is -0.0405. The molecule has 116 valence electrons. The van der Waals surface area contributed by atoms with E-state index in [1.165, 1.54) is 24.0 Å². The van der Waals surface area contributed by atoms with Crippen LogP contribution in [0.2, 0.25) is 0 Å². The average Bonchev–Trinajstić information content (AvgIpc) is 3.28. The molecule has 1 atom stereocenters. The van der Waals surface area contributed by atoms with Gasteiger partial charge in [-0.3, -0.25) is 0 Å². The molecule has 2 fully saturated rings. The minimum absolute atomic E-state index is 0.174. The topological polar surface area (TPSA) is 33.7 Å². The Morgan fingerprint density at radius 2 is 2.24 bits per heavy atom. The van der Waals surface area contributed by atoms with Gasteiger partial charge in [-0.15, -0.1) is 0 Å². The number of hydrogen-bond acceptors (Lipinski definition) is 4. The number of likely N-dealkylation sites (N-methyl/N-ethyl adjacent to an activating group) is 1. The van der Waals surface area contributed by atoms with Crippen LogP contribution >= 0.6 is 0 Å². The first kappa shape index (κ1) is 14.8. The van der Waals surface area contributed by atoms with Gasteiger partial charge in [-0.1, -0.05) is 18.2 Å². The van der Waals surface area contributed by atoms with E-state index in [1.54, 1.807) is 0 Å². The fourth-order valence-electron chi connectivity index (χ4n) is 2.74. The fourth-order valence-corrected chi connectivity index (χ4v) is 2.74. The van der Waals surface area contributed by atoms with Crippen LogP contribution < -0.4 is 10.1 Å². The number of benzene rings is 1. The summed E-state index contributed by atoms with van der Waals surface area (Å²) in [6.07, 6.45) is 2.79. The first-order chi connectivity index (χ1) is 10.2. The Kier molecular flexibility index (Phi) is 4.78. The molecule has 1 aliphatic heterocycles. The van der Waals surface area contributed by atoms with Gasteiger partial charge in [0.15, 0.2) is 0 Å². The van der Waals surface area contributed by atoms with E-state index in [-0.39, 0.29) is 6.10 Å². The molecule has 1 aromatic carbocycles. The van der Waals surface area contributed by atoms with Crippen LogP contribution in [0.4, 0.5) is 0 Å². The van der Waals surface area contributed by atoms with E-state index >= 15 is 0 Å². The van der Waals surface area contributed by atoms with Crippen LogP contribution in [0.25, 0.3) is 0 Å². The zero-order valence-electron chi connectivity index (χ0n) is 13.1. The summed E-state index contributed by atoms with van der Waals surface area (Å²) in [6, 6.07) is 7.10. The largest absolute Gasteiger partial charge is 0.490 e. The van der Waals surface area contributed by atoms with Crippen LogP contribution in [0.5, 0.6) is 5.75 Å². The van der Waals surface area contributed by atoms with E-state index in [9.17, 15) is 0 Å². The van der Waals surface area contributed by atoms with Crippen molar-refractivity contribution >= 4 is 0 Å². The summed E-state index contributed by atoms with van der Waals surface area (Å²) in [5.74, 6) is 1.03. The third-order valence-corrected chi connectivity index (χ3v) is 4.21. The zero-order valence-corrected chi connectivity index (χ0v) is 13.1. The molecule has 1 unspecified atom stereocenters. The van der Waals surface area contributed by atoms with Gasteiger partial charge in [0.2, 0.25) is 0 Å². The summed E-state index contributed by atoms with van der Waals surface area (Å²) in [7, 11) is 2.13. The Bertz CT molecular complexity index is 474. The third-order valence-electron chi connectivity index (χ3n) is 4.21. The highest BCUT2D eigenvalue weighted by atomic mass is 16.5. The van der Waals surface area contributed by atoms with Gasteiger partial charge >= 0.3 is 0 Å². The minimum atomic E-state index is 0.174. The van der Waals surface area contributed by atoms with Gasteiger partial charge in [-0.2, -0.15) is 0 Å². The molecule has 2 aliphatic rings. The lowest BCUT2D eigenvalue weighted by Crippen LogP contribution is -2.42. The van der Waals surface area contributed by atoms with Crippen LogP contribution in [-0.4, -0.2) is 50.4 Å². The predicted octanol–water partition coefficient (Wildman–Crippen LogP) is 1.96. The highest BCUT2D eigenvalue weighted by molar-refractivity contribution is 5.40. The number of para-hydroxylation sites is 1. The highest BCUT2D eigenvalue weighted by Crippen LogP contribution is 2.26. The molecule has 1 aliphatic carbocycles. The van der Waals surface area contributed by atoms with E-state index in [4.69, 9.17) is 9.47 Å². The van der Waals surface area contributed by atoms with Crippen molar-refractivity contribution in [2.45, 2.75) is 38.5 Å². The lowest BCUT2D eigenvalue weighted by Gasteiger charge is -2.30. The summed E-state index contributed by atoms with van der Waals surface area (Å²) in [6.45, 7) is 6.40. The van der Waals surface area contributed by atoms with Crippen molar-refractivity contribution in [2.24, 2.45) is 0 Å². The van der Waals surface area contributed by atoms with Gasteiger partial charge in [0.1, 0.15) is 18.5 Å². The Hall–Kier alpha value is -1.10. The van der Waals surface area contributed by atoms with Gasteiger partial charge in [-0.25, -0.2) is 0 Å². The molecule has 0 bridgehead atoms. The van der Waals surface area contributed by atoms with Crippen molar-refractivity contribution in [3.63, 3.8) is 0 Å². The number of aryl methyl sites for hydroxylation is 1. The predicted molar refractivity (Wildman–Crippen MR) is 83.8 cm³/mol. The normalized spacial score (nSPS) is 23.2. The summed E-state index contributed by atoms with van der Waals surface area (Å²) in [4.78, 5) is 2.30. The monoisotopic (exact) mass is 290 g/mol. The fraction of sp³-hybridized carbons (Fsp3) is 0.647. The molecule has 0 aromatic heterocycles. The summed E-state index contributed by atoms with van der Waals surface area (Å²) in [5, 5.41) is 3.57. The zero-order chi connectivity index (χ0) is 14.7. The molecule has 0 spiro atoms. The van der Waals surface area contributed by atoms with Crippen molar-refractivity contribution in [1.82, 2.24) is 10.2 Å². The van der Waals surface area contributed by atoms with Gasteiger partial charge in [0.25, 0.3) is 0 Å². The van der Waals surface area contributed by atoms with Crippen molar-refractivity contribution in [3.05, 3.63) is 29.3 Å². The summed E-state index contributed by atoms with van der Waals surface area (Å²) >= 11 is 0. The second-order valence-corrected chi connectivity index (χ2v) is 6.28. The SMILES string of the molecule is Cc1cccc(CNC2CC2)c1OCC1CN(C)CCO1. The number of morpholine rings is 1. The van der Waals surface area contributed by atoms with E-state index < -0.39 is 0 Å². The van der Waals surface area contributed by atoms with Crippen LogP contribution in [-0.2, 0) is 11.3 Å². The summed E-state index contributed by atoms with van der Waals surface area (Å²) < 4.78 is 11.9. The molecule has 0 radical (unpaired) electrons. The Morgan fingerprint density at radius 1 is 1.38 bits per heavy atom. The number of ether oxygens (including phenoxy) is 2. The summed E-state index contributed by atoms with van der Waals surface area (Å²) in [5.41, 5.74) is 2.46. The number of hydrogen-bond donors (Lipinski definition) is 1. The van der Waals surface area contributed by atoms with Crippen LogP contribution in [0.1, 0.15) is 24.0 Å². The van der Waals surface area contributed by atoms with Gasteiger partial charge in [0, 0.05) is 31.2 Å². The molecule has 1 aromatic rings. The molecular formula is C17H26N2O2. The van der Waals surface area contributed by atoms with Crippen molar-refractivity contribution in [3.8, 4) is 5.75 Å². The smallest absolute Gasteiger partial charge is 0.126 e. The second-order valence-electron chi connectivity index (χ2n) is 6.28. The highest BCUT2D eigenvalue weighted by Gasteiger charge is 2.22. The van der Waals surface area contributed by atoms with Gasteiger partial charge in [-0.05, 0) is 32.4 Å². The van der Waals surface area contributed by atoms with Gasteiger partial charge in [0.05, 0.1) is 6.61 Å². The Morgan fingerprint density at radius 3 is 3.00 bits per heavy atom. The molecule has 4 heteroatoms. The number of rotatable bonds is 6. The molecule has 0 amide bonds. The first-order valence-corrected chi connectivity index (χ1v) is 7.97. The average molecular weight is 290 g/mol. The first-order valence-electron chi connectivity index (χ1n) is 7.97. The van der Waals surface area contributed by atoms with Crippen molar-refractivity contribution in [2.75, 3.05) is 33.4 Å². The second kappa shape index (κ2) is 6.77. The molecule has 3 rings (SSSR count). The Labute approximate surface area is 127 Å². The van der Waals surface area contributed by atoms with E-state index in [1.807, 2.05) is 0 Å². The number of nitrogens with zero attached hydrogens (tertiary/aromatic N) is 1. The maximum Gasteiger partial charge on any atom is 0.126 e. The molecule has 1 saturated heterocycles. The lowest BCUT2D eigenvalue weighted by atomic mass is 10.1. The molecule has 21 heavy (non-hydrogen) atoms. The van der Waals surface area contributed by atoms with Gasteiger partial charge < -0.3 is 19.7 Å². The molecule has 1 saturated carbocycles. The molecule has 1 heterocycles. The molecular weight excluding hydrogens is 264 g/mol. The van der Waals surface area contributed by atoms with Crippen LogP contribution in [0.15, 0.2) is 18.2 Å². The molecule has 4 nitrogen and oxygen atoms in total. The number of nitrogens with one attached hydrogen (secondary N) is 1. The van der Waals surface area contributed by atoms with Crippen LogP contribution in [0.3, 0.4) is 0 Å². The van der Waals surface area contributed by atoms with E-state index in [0.717, 1.165) is 32.0 Å². The van der Waals surface area contributed by atoms with Crippen LogP contribution in [0, 0.1) is 6.92 Å². The maximum atomic E-state index is 6.12. The van der Waals surface area contributed by atoms with E-state index in [2.05, 4.69) is 42.4 Å². The van der Waals surface area contributed by atoms with Crippen molar-refractivity contribution < 1.29 is 9.47 Å². The standard InChI is InChI=1S/C17H26N2O2/c1-13-4-3-5-14(10-18-15-6-7-15)17(13)21-12-16-11-19(2)8-9-20-16/h3-5,15-16,18H,6-12H2,1-2H3. The molecule has 1 N–H and O–H groups in total. The maximum absolute atomic E-state index is 6.12. The van der Waals surface area contributed by atoms with E-state index in [0.29, 0.717) is 12.6 Å². The Balaban J connectivity index is 1.59. The quantitative estimate of drug-likeness (QED) is 0.868. The van der Waals surface area contributed by atoms with Crippen molar-refractivity contribution in [1.29, 1.82) is 0 Å².